The molecule has 0 atom stereocenters. The van der Waals surface area contributed by atoms with E-state index in [1.165, 1.54) is 5.56 Å². The first kappa shape index (κ1) is 12.0. The molecule has 1 amide bonds. The average Bonchev–Trinajstić information content (AvgIpc) is 2.31. The Morgan fingerprint density at radius 1 is 1.38 bits per heavy atom. The fourth-order valence-electron chi connectivity index (χ4n) is 1.25. The van der Waals surface area contributed by atoms with Gasteiger partial charge in [-0.3, -0.25) is 9.79 Å². The van der Waals surface area contributed by atoms with Crippen molar-refractivity contribution in [1.82, 2.24) is 10.2 Å². The second kappa shape index (κ2) is 7.23. The number of hydrogen-bond acceptors (Lipinski definition) is 2. The molecule has 16 heavy (non-hydrogen) atoms. The van der Waals surface area contributed by atoms with Gasteiger partial charge in [-0.1, -0.05) is 30.3 Å². The highest BCUT2D eigenvalue weighted by atomic mass is 16.1. The first-order valence-corrected chi connectivity index (χ1v) is 4.95. The molecule has 0 radical (unpaired) electrons. The predicted octanol–water partition coefficient (Wildman–Crippen LogP) is 1.36. The van der Waals surface area contributed by atoms with E-state index in [0.29, 0.717) is 6.41 Å². The lowest BCUT2D eigenvalue weighted by atomic mass is 10.2. The smallest absolute Gasteiger partial charge is 0.211 e. The third kappa shape index (κ3) is 4.41. The van der Waals surface area contributed by atoms with Crippen LogP contribution in [0.2, 0.25) is 0 Å². The quantitative estimate of drug-likeness (QED) is 0.444. The van der Waals surface area contributed by atoms with E-state index in [0.717, 1.165) is 6.54 Å². The largest absolute Gasteiger partial charge is 0.334 e. The van der Waals surface area contributed by atoms with E-state index in [4.69, 9.17) is 0 Å². The molecule has 1 N–H and O–H groups in total. The third-order valence-corrected chi connectivity index (χ3v) is 1.90. The van der Waals surface area contributed by atoms with Gasteiger partial charge in [-0.05, 0) is 5.56 Å². The number of carbonyl (C=O) groups excluding carboxylic acids is 1. The first-order chi connectivity index (χ1) is 7.86. The topological polar surface area (TPSA) is 44.7 Å². The summed E-state index contributed by atoms with van der Waals surface area (Å²) in [5.41, 5.74) is 1.18. The highest BCUT2D eigenvalue weighted by Crippen LogP contribution is 2.02. The van der Waals surface area contributed by atoms with Gasteiger partial charge < -0.3 is 10.2 Å². The molecule has 0 aliphatic heterocycles. The van der Waals surface area contributed by atoms with Crippen LogP contribution in [0.1, 0.15) is 5.56 Å². The standard InChI is InChI=1S/C12H15N3O/c1-13-10-15(8-7-14-11-16)9-12-5-3-2-4-6-12/h2-8,10-11H,9H2,1H3,(H,14,16)/b8-7+,13-10?. The van der Waals surface area contributed by atoms with Crippen molar-refractivity contribution in [2.45, 2.75) is 6.54 Å². The summed E-state index contributed by atoms with van der Waals surface area (Å²) in [5.74, 6) is 0. The second-order valence-electron chi connectivity index (χ2n) is 3.13. The minimum Gasteiger partial charge on any atom is -0.334 e. The van der Waals surface area contributed by atoms with Crippen LogP contribution in [-0.2, 0) is 11.3 Å². The van der Waals surface area contributed by atoms with E-state index in [9.17, 15) is 4.79 Å². The Bertz CT molecular complexity index is 360. The van der Waals surface area contributed by atoms with Crippen LogP contribution >= 0.6 is 0 Å². The van der Waals surface area contributed by atoms with Crippen molar-refractivity contribution in [3.63, 3.8) is 0 Å². The summed E-state index contributed by atoms with van der Waals surface area (Å²) in [6.07, 6.45) is 5.66. The van der Waals surface area contributed by atoms with Gasteiger partial charge in [-0.15, -0.1) is 0 Å². The van der Waals surface area contributed by atoms with E-state index in [2.05, 4.69) is 10.3 Å². The van der Waals surface area contributed by atoms with Crippen LogP contribution < -0.4 is 5.32 Å². The maximum atomic E-state index is 10.1. The molecule has 0 heterocycles. The van der Waals surface area contributed by atoms with Crippen LogP contribution in [-0.4, -0.2) is 24.7 Å². The number of nitrogens with zero attached hydrogens (tertiary/aromatic N) is 2. The Balaban J connectivity index is 2.61. The van der Waals surface area contributed by atoms with Crippen molar-refractivity contribution in [3.05, 3.63) is 48.3 Å². The summed E-state index contributed by atoms with van der Waals surface area (Å²) in [5, 5.41) is 2.46. The van der Waals surface area contributed by atoms with Gasteiger partial charge in [0, 0.05) is 26.0 Å². The number of carbonyl (C=O) groups is 1. The van der Waals surface area contributed by atoms with Crippen LogP contribution in [0.4, 0.5) is 0 Å². The highest BCUT2D eigenvalue weighted by Gasteiger charge is 1.96. The van der Waals surface area contributed by atoms with Crippen LogP contribution in [0.25, 0.3) is 0 Å². The molecule has 0 aliphatic rings. The summed E-state index contributed by atoms with van der Waals surface area (Å²) in [6, 6.07) is 10.0. The van der Waals surface area contributed by atoms with Crippen molar-refractivity contribution < 1.29 is 4.79 Å². The van der Waals surface area contributed by atoms with Crippen molar-refractivity contribution in [2.75, 3.05) is 7.05 Å². The third-order valence-electron chi connectivity index (χ3n) is 1.90. The summed E-state index contributed by atoms with van der Waals surface area (Å²) >= 11 is 0. The van der Waals surface area contributed by atoms with E-state index in [1.54, 1.807) is 25.8 Å². The normalized spacial score (nSPS) is 10.8. The predicted molar refractivity (Wildman–Crippen MR) is 64.7 cm³/mol. The second-order valence-corrected chi connectivity index (χ2v) is 3.13. The van der Waals surface area contributed by atoms with Crippen molar-refractivity contribution in [2.24, 2.45) is 4.99 Å². The summed E-state index contributed by atoms with van der Waals surface area (Å²) in [7, 11) is 1.71. The SMILES string of the molecule is CN=CN(/C=C/NC=O)Cc1ccccc1. The van der Waals surface area contributed by atoms with Crippen LogP contribution in [0.3, 0.4) is 0 Å². The molecule has 4 nitrogen and oxygen atoms in total. The van der Waals surface area contributed by atoms with Crippen molar-refractivity contribution in [3.8, 4) is 0 Å². The molecule has 4 heteroatoms. The van der Waals surface area contributed by atoms with Gasteiger partial charge in [0.1, 0.15) is 0 Å². The Labute approximate surface area is 95.3 Å². The van der Waals surface area contributed by atoms with E-state index in [-0.39, 0.29) is 0 Å². The molecule has 0 saturated heterocycles. The average molecular weight is 217 g/mol. The van der Waals surface area contributed by atoms with E-state index in [1.807, 2.05) is 35.2 Å². The zero-order valence-corrected chi connectivity index (χ0v) is 9.21. The first-order valence-electron chi connectivity index (χ1n) is 4.95. The van der Waals surface area contributed by atoms with Crippen molar-refractivity contribution in [1.29, 1.82) is 0 Å². The summed E-state index contributed by atoms with van der Waals surface area (Å²) in [4.78, 5) is 15.9. The zero-order chi connectivity index (χ0) is 11.6. The Kier molecular flexibility index (Phi) is 5.41. The van der Waals surface area contributed by atoms with Gasteiger partial charge >= 0.3 is 0 Å². The maximum absolute atomic E-state index is 10.1. The highest BCUT2D eigenvalue weighted by molar-refractivity contribution is 5.56. The molecule has 0 spiro atoms. The Morgan fingerprint density at radius 2 is 2.12 bits per heavy atom. The lowest BCUT2D eigenvalue weighted by Crippen LogP contribution is -2.15. The number of aliphatic imine (C=N–C) groups is 1. The monoisotopic (exact) mass is 217 g/mol. The molecule has 0 bridgehead atoms. The number of amides is 1. The van der Waals surface area contributed by atoms with Crippen molar-refractivity contribution >= 4 is 12.7 Å². The molecular weight excluding hydrogens is 202 g/mol. The minimum absolute atomic E-state index is 0.625. The number of hydrogen-bond donors (Lipinski definition) is 1. The van der Waals surface area contributed by atoms with E-state index >= 15 is 0 Å². The molecule has 0 aliphatic carbocycles. The van der Waals surface area contributed by atoms with Gasteiger partial charge in [0.25, 0.3) is 0 Å². The molecule has 1 aromatic carbocycles. The Hall–Kier alpha value is -2.10. The van der Waals surface area contributed by atoms with E-state index < -0.39 is 0 Å². The molecule has 0 aromatic heterocycles. The van der Waals surface area contributed by atoms with Gasteiger partial charge in [-0.2, -0.15) is 0 Å². The molecule has 84 valence electrons. The maximum Gasteiger partial charge on any atom is 0.211 e. The fourth-order valence-corrected chi connectivity index (χ4v) is 1.25. The summed E-state index contributed by atoms with van der Waals surface area (Å²) in [6.45, 7) is 0.717. The van der Waals surface area contributed by atoms with Gasteiger partial charge in [0.15, 0.2) is 0 Å². The number of benzene rings is 1. The molecule has 0 unspecified atom stereocenters. The van der Waals surface area contributed by atoms with Gasteiger partial charge in [0.05, 0.1) is 6.34 Å². The fraction of sp³-hybridized carbons (Fsp3) is 0.167. The minimum atomic E-state index is 0.625. The molecule has 0 saturated carbocycles. The Morgan fingerprint density at radius 3 is 2.75 bits per heavy atom. The molecule has 1 rings (SSSR count). The molecular formula is C12H15N3O. The summed E-state index contributed by atoms with van der Waals surface area (Å²) < 4.78 is 0. The lowest BCUT2D eigenvalue weighted by Gasteiger charge is -2.14. The van der Waals surface area contributed by atoms with Gasteiger partial charge in [0.2, 0.25) is 6.41 Å². The van der Waals surface area contributed by atoms with Gasteiger partial charge in [-0.25, -0.2) is 0 Å². The van der Waals surface area contributed by atoms with Crippen LogP contribution in [0.5, 0.6) is 0 Å². The number of rotatable bonds is 6. The van der Waals surface area contributed by atoms with Crippen LogP contribution in [0, 0.1) is 0 Å². The van der Waals surface area contributed by atoms with Crippen LogP contribution in [0.15, 0.2) is 47.7 Å². The molecule has 1 aromatic rings. The molecule has 0 fully saturated rings. The lowest BCUT2D eigenvalue weighted by molar-refractivity contribution is -0.108. The zero-order valence-electron chi connectivity index (χ0n) is 9.21. The number of nitrogens with one attached hydrogen (secondary N) is 1.